The first-order valence-corrected chi connectivity index (χ1v) is 8.37. The fourth-order valence-electron chi connectivity index (χ4n) is 2.31. The van der Waals surface area contributed by atoms with E-state index >= 15 is 0 Å². The highest BCUT2D eigenvalue weighted by atomic mass is 35.5. The summed E-state index contributed by atoms with van der Waals surface area (Å²) in [5.41, 5.74) is 3.91. The van der Waals surface area contributed by atoms with Crippen molar-refractivity contribution in [2.45, 2.75) is 6.92 Å². The van der Waals surface area contributed by atoms with Gasteiger partial charge in [-0.15, -0.1) is 0 Å². The Bertz CT molecular complexity index is 814. The van der Waals surface area contributed by atoms with Crippen LogP contribution in [0.1, 0.15) is 11.1 Å². The summed E-state index contributed by atoms with van der Waals surface area (Å²) in [6, 6.07) is 8.60. The van der Waals surface area contributed by atoms with E-state index in [4.69, 9.17) is 30.5 Å². The number of aryl methyl sites for hydroxylation is 1. The number of benzene rings is 2. The van der Waals surface area contributed by atoms with Gasteiger partial charge >= 0.3 is 0 Å². The number of carbonyl (C=O) groups excluding carboxylic acids is 1. The Kier molecular flexibility index (Phi) is 7.31. The first-order valence-electron chi connectivity index (χ1n) is 7.99. The fourth-order valence-corrected chi connectivity index (χ4v) is 2.53. The molecule has 0 aromatic heterocycles. The Morgan fingerprint density at radius 1 is 1.07 bits per heavy atom. The van der Waals surface area contributed by atoms with Crippen molar-refractivity contribution in [3.63, 3.8) is 0 Å². The molecule has 0 heterocycles. The van der Waals surface area contributed by atoms with Gasteiger partial charge < -0.3 is 18.9 Å². The maximum Gasteiger partial charge on any atom is 0.277 e. The summed E-state index contributed by atoms with van der Waals surface area (Å²) < 4.78 is 21.3. The summed E-state index contributed by atoms with van der Waals surface area (Å²) in [6.45, 7) is 1.68. The molecule has 2 aromatic carbocycles. The number of nitrogens with one attached hydrogen (secondary N) is 1. The van der Waals surface area contributed by atoms with Crippen molar-refractivity contribution in [2.75, 3.05) is 27.9 Å². The summed E-state index contributed by atoms with van der Waals surface area (Å²) in [5.74, 6) is 1.65. The molecule has 0 radical (unpaired) electrons. The first kappa shape index (κ1) is 20.4. The Balaban J connectivity index is 1.97. The van der Waals surface area contributed by atoms with Gasteiger partial charge in [0.25, 0.3) is 5.91 Å². The van der Waals surface area contributed by atoms with Gasteiger partial charge in [0.05, 0.1) is 27.5 Å². The minimum Gasteiger partial charge on any atom is -0.493 e. The third kappa shape index (κ3) is 5.52. The standard InChI is InChI=1S/C19H21ClN2O5/c1-12-7-14(20)5-6-15(12)27-11-18(23)22-21-10-13-8-16(24-2)19(26-4)17(9-13)25-3/h5-10H,11H2,1-4H3,(H,22,23)/b21-10-. The minimum atomic E-state index is -0.395. The van der Waals surface area contributed by atoms with Crippen LogP contribution in [-0.4, -0.2) is 40.1 Å². The Hall–Kier alpha value is -2.93. The van der Waals surface area contributed by atoms with Gasteiger partial charge in [-0.1, -0.05) is 11.6 Å². The topological polar surface area (TPSA) is 78.4 Å². The Labute approximate surface area is 162 Å². The summed E-state index contributed by atoms with van der Waals surface area (Å²) >= 11 is 5.89. The molecule has 0 aliphatic heterocycles. The number of carbonyl (C=O) groups is 1. The zero-order valence-electron chi connectivity index (χ0n) is 15.5. The highest BCUT2D eigenvalue weighted by Gasteiger charge is 2.12. The molecular formula is C19H21ClN2O5. The molecule has 27 heavy (non-hydrogen) atoms. The molecule has 0 spiro atoms. The van der Waals surface area contributed by atoms with Crippen LogP contribution in [0.2, 0.25) is 5.02 Å². The molecule has 0 bridgehead atoms. The van der Waals surface area contributed by atoms with Crippen LogP contribution in [0.4, 0.5) is 0 Å². The van der Waals surface area contributed by atoms with Gasteiger partial charge in [-0.2, -0.15) is 5.10 Å². The molecule has 0 aliphatic rings. The summed E-state index contributed by atoms with van der Waals surface area (Å²) in [4.78, 5) is 11.9. The second kappa shape index (κ2) is 9.68. The second-order valence-electron chi connectivity index (χ2n) is 5.45. The van der Waals surface area contributed by atoms with Gasteiger partial charge in [-0.3, -0.25) is 4.79 Å². The number of hydrogen-bond donors (Lipinski definition) is 1. The molecule has 0 atom stereocenters. The van der Waals surface area contributed by atoms with Gasteiger partial charge in [-0.05, 0) is 42.8 Å². The van der Waals surface area contributed by atoms with Crippen LogP contribution in [0.25, 0.3) is 0 Å². The van der Waals surface area contributed by atoms with Crippen molar-refractivity contribution in [3.8, 4) is 23.0 Å². The summed E-state index contributed by atoms with van der Waals surface area (Å²) in [7, 11) is 4.57. The number of ether oxygens (including phenoxy) is 4. The molecule has 8 heteroatoms. The van der Waals surface area contributed by atoms with Crippen LogP contribution in [-0.2, 0) is 4.79 Å². The van der Waals surface area contributed by atoms with Crippen LogP contribution < -0.4 is 24.4 Å². The zero-order chi connectivity index (χ0) is 19.8. The van der Waals surface area contributed by atoms with Crippen molar-refractivity contribution >= 4 is 23.7 Å². The van der Waals surface area contributed by atoms with E-state index in [1.54, 1.807) is 30.3 Å². The lowest BCUT2D eigenvalue weighted by molar-refractivity contribution is -0.123. The number of nitrogens with zero attached hydrogens (tertiary/aromatic N) is 1. The Morgan fingerprint density at radius 3 is 2.30 bits per heavy atom. The molecule has 0 saturated heterocycles. The predicted octanol–water partition coefficient (Wildman–Crippen LogP) is 3.20. The maximum atomic E-state index is 11.9. The van der Waals surface area contributed by atoms with Gasteiger partial charge in [0.15, 0.2) is 18.1 Å². The largest absolute Gasteiger partial charge is 0.493 e. The van der Waals surface area contributed by atoms with Crippen LogP contribution in [0.15, 0.2) is 35.4 Å². The highest BCUT2D eigenvalue weighted by molar-refractivity contribution is 6.30. The average molecular weight is 393 g/mol. The molecule has 0 aliphatic carbocycles. The zero-order valence-corrected chi connectivity index (χ0v) is 16.3. The summed E-state index contributed by atoms with van der Waals surface area (Å²) in [5, 5.41) is 4.53. The maximum absolute atomic E-state index is 11.9. The van der Waals surface area contributed by atoms with E-state index in [0.29, 0.717) is 33.6 Å². The fraction of sp³-hybridized carbons (Fsp3) is 0.263. The number of halogens is 1. The van der Waals surface area contributed by atoms with Crippen molar-refractivity contribution in [1.29, 1.82) is 0 Å². The van der Waals surface area contributed by atoms with E-state index in [2.05, 4.69) is 10.5 Å². The van der Waals surface area contributed by atoms with Crippen LogP contribution in [0.5, 0.6) is 23.0 Å². The average Bonchev–Trinajstić information content (AvgIpc) is 2.66. The van der Waals surface area contributed by atoms with E-state index < -0.39 is 5.91 Å². The van der Waals surface area contributed by atoms with Crippen molar-refractivity contribution < 1.29 is 23.7 Å². The lowest BCUT2D eigenvalue weighted by Crippen LogP contribution is -2.24. The van der Waals surface area contributed by atoms with E-state index in [1.807, 2.05) is 6.92 Å². The second-order valence-corrected chi connectivity index (χ2v) is 5.89. The third-order valence-electron chi connectivity index (χ3n) is 3.59. The van der Waals surface area contributed by atoms with Gasteiger partial charge in [0, 0.05) is 10.6 Å². The molecule has 2 aromatic rings. The molecule has 2 rings (SSSR count). The molecule has 1 N–H and O–H groups in total. The minimum absolute atomic E-state index is 0.172. The molecule has 144 valence electrons. The first-order chi connectivity index (χ1) is 13.0. The summed E-state index contributed by atoms with van der Waals surface area (Å²) in [6.07, 6.45) is 1.47. The highest BCUT2D eigenvalue weighted by Crippen LogP contribution is 2.37. The number of hydrogen-bond acceptors (Lipinski definition) is 6. The molecule has 7 nitrogen and oxygen atoms in total. The van der Waals surface area contributed by atoms with Crippen molar-refractivity contribution in [3.05, 3.63) is 46.5 Å². The molecular weight excluding hydrogens is 372 g/mol. The lowest BCUT2D eigenvalue weighted by atomic mass is 10.2. The number of rotatable bonds is 8. The quantitative estimate of drug-likeness (QED) is 0.551. The van der Waals surface area contributed by atoms with Gasteiger partial charge in [-0.25, -0.2) is 5.43 Å². The van der Waals surface area contributed by atoms with Gasteiger partial charge in [0.1, 0.15) is 5.75 Å². The molecule has 0 saturated carbocycles. The number of methoxy groups -OCH3 is 3. The Morgan fingerprint density at radius 2 is 1.74 bits per heavy atom. The van der Waals surface area contributed by atoms with E-state index in [0.717, 1.165) is 5.56 Å². The SMILES string of the molecule is COc1cc(/C=N\NC(=O)COc2ccc(Cl)cc2C)cc(OC)c1OC. The normalized spacial score (nSPS) is 10.6. The van der Waals surface area contributed by atoms with Crippen molar-refractivity contribution in [1.82, 2.24) is 5.43 Å². The smallest absolute Gasteiger partial charge is 0.277 e. The number of amides is 1. The van der Waals surface area contributed by atoms with E-state index in [-0.39, 0.29) is 6.61 Å². The lowest BCUT2D eigenvalue weighted by Gasteiger charge is -2.12. The van der Waals surface area contributed by atoms with Crippen LogP contribution in [0.3, 0.4) is 0 Å². The van der Waals surface area contributed by atoms with Gasteiger partial charge in [0.2, 0.25) is 5.75 Å². The van der Waals surface area contributed by atoms with E-state index in [1.165, 1.54) is 27.5 Å². The third-order valence-corrected chi connectivity index (χ3v) is 3.82. The van der Waals surface area contributed by atoms with E-state index in [9.17, 15) is 4.79 Å². The molecule has 1 amide bonds. The predicted molar refractivity (Wildman–Crippen MR) is 104 cm³/mol. The number of hydrazone groups is 1. The van der Waals surface area contributed by atoms with Crippen molar-refractivity contribution in [2.24, 2.45) is 5.10 Å². The molecule has 0 fully saturated rings. The van der Waals surface area contributed by atoms with Crippen LogP contribution in [0, 0.1) is 6.92 Å². The monoisotopic (exact) mass is 392 g/mol. The van der Waals surface area contributed by atoms with Crippen LogP contribution >= 0.6 is 11.6 Å². The molecule has 0 unspecified atom stereocenters.